The third-order valence-electron chi connectivity index (χ3n) is 6.14. The van der Waals surface area contributed by atoms with Crippen LogP contribution >= 0.6 is 0 Å². The van der Waals surface area contributed by atoms with Crippen molar-refractivity contribution in [3.05, 3.63) is 77.4 Å². The van der Waals surface area contributed by atoms with Crippen molar-refractivity contribution >= 4 is 11.9 Å². The Kier molecular flexibility index (Phi) is 8.32. The van der Waals surface area contributed by atoms with Gasteiger partial charge in [-0.15, -0.1) is 0 Å². The van der Waals surface area contributed by atoms with E-state index >= 15 is 0 Å². The van der Waals surface area contributed by atoms with Crippen LogP contribution in [0, 0.1) is 5.82 Å². The first-order valence-corrected chi connectivity index (χ1v) is 12.1. The molecule has 3 aromatic rings. The average Bonchev–Trinajstić information content (AvgIpc) is 2.88. The van der Waals surface area contributed by atoms with E-state index in [0.29, 0.717) is 37.3 Å². The van der Waals surface area contributed by atoms with E-state index in [1.165, 1.54) is 36.0 Å². The summed E-state index contributed by atoms with van der Waals surface area (Å²) in [5, 5.41) is 9.53. The summed E-state index contributed by atoms with van der Waals surface area (Å²) in [6.45, 7) is 8.76. The summed E-state index contributed by atoms with van der Waals surface area (Å²) in [6, 6.07) is 13.7. The maximum Gasteiger partial charge on any atom is 0.339 e. The van der Waals surface area contributed by atoms with Crippen LogP contribution in [0.15, 0.2) is 54.7 Å². The van der Waals surface area contributed by atoms with Crippen LogP contribution in [-0.2, 0) is 6.61 Å². The van der Waals surface area contributed by atoms with Crippen LogP contribution in [0.1, 0.15) is 41.4 Å². The van der Waals surface area contributed by atoms with Gasteiger partial charge in [0.15, 0.2) is 0 Å². The first-order valence-electron chi connectivity index (χ1n) is 12.1. The van der Waals surface area contributed by atoms with Gasteiger partial charge in [0.25, 0.3) is 0 Å². The molecule has 8 nitrogen and oxygen atoms in total. The topological polar surface area (TPSA) is 88.0 Å². The van der Waals surface area contributed by atoms with Gasteiger partial charge >= 0.3 is 5.97 Å². The SMILES string of the molecule is CC(C)c1ccccc1OCCN1CCN(c2ncc(C(=O)O)c(COc3ccc(F)cc3)n2)CC1. The van der Waals surface area contributed by atoms with Crippen LogP contribution in [0.3, 0.4) is 0 Å². The first-order chi connectivity index (χ1) is 17.4. The third kappa shape index (κ3) is 6.48. The van der Waals surface area contributed by atoms with E-state index in [-0.39, 0.29) is 23.7 Å². The number of aromatic carboxylic acids is 1. The number of rotatable bonds is 10. The second kappa shape index (κ2) is 11.8. The zero-order valence-corrected chi connectivity index (χ0v) is 20.6. The second-order valence-corrected chi connectivity index (χ2v) is 8.95. The van der Waals surface area contributed by atoms with E-state index in [2.05, 4.69) is 34.8 Å². The predicted octanol–water partition coefficient (Wildman–Crippen LogP) is 4.22. The molecule has 1 aliphatic rings. The van der Waals surface area contributed by atoms with Gasteiger partial charge in [-0.2, -0.15) is 0 Å². The maximum absolute atomic E-state index is 13.1. The van der Waals surface area contributed by atoms with Crippen molar-refractivity contribution in [1.29, 1.82) is 0 Å². The Bertz CT molecular complexity index is 1160. The van der Waals surface area contributed by atoms with Gasteiger partial charge in [0.1, 0.15) is 36.1 Å². The minimum Gasteiger partial charge on any atom is -0.492 e. The number of hydrogen-bond acceptors (Lipinski definition) is 7. The molecule has 0 unspecified atom stereocenters. The van der Waals surface area contributed by atoms with Gasteiger partial charge in [-0.25, -0.2) is 19.2 Å². The highest BCUT2D eigenvalue weighted by Crippen LogP contribution is 2.26. The van der Waals surface area contributed by atoms with Gasteiger partial charge in [-0.1, -0.05) is 32.0 Å². The number of halogens is 1. The van der Waals surface area contributed by atoms with Crippen molar-refractivity contribution in [3.63, 3.8) is 0 Å². The number of anilines is 1. The molecular weight excluding hydrogens is 463 g/mol. The van der Waals surface area contributed by atoms with Gasteiger partial charge in [-0.05, 0) is 41.8 Å². The van der Waals surface area contributed by atoms with Crippen molar-refractivity contribution < 1.29 is 23.8 Å². The Balaban J connectivity index is 1.32. The third-order valence-corrected chi connectivity index (χ3v) is 6.14. The molecule has 190 valence electrons. The summed E-state index contributed by atoms with van der Waals surface area (Å²) in [5.41, 5.74) is 1.47. The lowest BCUT2D eigenvalue weighted by molar-refractivity contribution is 0.0692. The molecule has 2 heterocycles. The van der Waals surface area contributed by atoms with Crippen LogP contribution in [0.2, 0.25) is 0 Å². The molecule has 36 heavy (non-hydrogen) atoms. The van der Waals surface area contributed by atoms with E-state index in [4.69, 9.17) is 9.47 Å². The van der Waals surface area contributed by atoms with Gasteiger partial charge in [-0.3, -0.25) is 4.90 Å². The average molecular weight is 495 g/mol. The first kappa shape index (κ1) is 25.4. The van der Waals surface area contributed by atoms with Crippen LogP contribution in [0.5, 0.6) is 11.5 Å². The number of benzene rings is 2. The lowest BCUT2D eigenvalue weighted by Gasteiger charge is -2.34. The lowest BCUT2D eigenvalue weighted by atomic mass is 10.0. The predicted molar refractivity (Wildman–Crippen MR) is 134 cm³/mol. The van der Waals surface area contributed by atoms with E-state index in [1.54, 1.807) is 0 Å². The number of nitrogens with zero attached hydrogens (tertiary/aromatic N) is 4. The molecule has 0 atom stereocenters. The van der Waals surface area contributed by atoms with Crippen LogP contribution in [-0.4, -0.2) is 65.3 Å². The number of ether oxygens (including phenoxy) is 2. The fourth-order valence-electron chi connectivity index (χ4n) is 4.08. The van der Waals surface area contributed by atoms with Crippen LogP contribution in [0.4, 0.5) is 10.3 Å². The summed E-state index contributed by atoms with van der Waals surface area (Å²) in [4.78, 5) is 24.8. The van der Waals surface area contributed by atoms with Crippen molar-refractivity contribution in [2.45, 2.75) is 26.4 Å². The van der Waals surface area contributed by atoms with Crippen molar-refractivity contribution in [2.75, 3.05) is 44.2 Å². The largest absolute Gasteiger partial charge is 0.492 e. The molecule has 1 aliphatic heterocycles. The number of hydrogen-bond donors (Lipinski definition) is 1. The molecule has 1 aromatic heterocycles. The molecule has 0 bridgehead atoms. The van der Waals surface area contributed by atoms with Crippen LogP contribution in [0.25, 0.3) is 0 Å². The minimum atomic E-state index is -1.12. The van der Waals surface area contributed by atoms with E-state index < -0.39 is 5.97 Å². The van der Waals surface area contributed by atoms with Crippen molar-refractivity contribution in [3.8, 4) is 11.5 Å². The Morgan fingerprint density at radius 2 is 1.78 bits per heavy atom. The lowest BCUT2D eigenvalue weighted by Crippen LogP contribution is -2.48. The molecule has 1 N–H and O–H groups in total. The number of carboxylic acid groups (broad SMARTS) is 1. The summed E-state index contributed by atoms with van der Waals surface area (Å²) >= 11 is 0. The zero-order valence-electron chi connectivity index (χ0n) is 20.6. The van der Waals surface area contributed by atoms with Crippen LogP contribution < -0.4 is 14.4 Å². The Morgan fingerprint density at radius 1 is 1.06 bits per heavy atom. The molecule has 1 fully saturated rings. The Morgan fingerprint density at radius 3 is 2.47 bits per heavy atom. The van der Waals surface area contributed by atoms with E-state index in [0.717, 1.165) is 25.4 Å². The molecular formula is C27H31FN4O4. The highest BCUT2D eigenvalue weighted by atomic mass is 19.1. The molecule has 1 saturated heterocycles. The Hall–Kier alpha value is -3.72. The second-order valence-electron chi connectivity index (χ2n) is 8.95. The molecule has 2 aromatic carbocycles. The highest BCUT2D eigenvalue weighted by Gasteiger charge is 2.22. The molecule has 4 rings (SSSR count). The van der Waals surface area contributed by atoms with Gasteiger partial charge in [0, 0.05) is 38.9 Å². The summed E-state index contributed by atoms with van der Waals surface area (Å²) in [5.74, 6) is 0.753. The summed E-state index contributed by atoms with van der Waals surface area (Å²) in [7, 11) is 0. The fourth-order valence-corrected chi connectivity index (χ4v) is 4.08. The standard InChI is InChI=1S/C27H31FN4O4/c1-19(2)22-5-3-4-6-25(22)35-16-15-31-11-13-32(14-12-31)27-29-17-23(26(33)34)24(30-27)18-36-21-9-7-20(28)8-10-21/h3-10,17,19H,11-16,18H2,1-2H3,(H,33,34). The molecule has 0 spiro atoms. The molecule has 9 heteroatoms. The Labute approximate surface area is 210 Å². The van der Waals surface area contributed by atoms with Crippen molar-refractivity contribution in [1.82, 2.24) is 14.9 Å². The molecule has 0 saturated carbocycles. The molecule has 0 amide bonds. The number of piperazine rings is 1. The van der Waals surface area contributed by atoms with Crippen molar-refractivity contribution in [2.24, 2.45) is 0 Å². The van der Waals surface area contributed by atoms with Gasteiger partial charge < -0.3 is 19.5 Å². The molecule has 0 radical (unpaired) electrons. The number of carboxylic acids is 1. The quantitative estimate of drug-likeness (QED) is 0.448. The minimum absolute atomic E-state index is 0.0154. The normalized spacial score (nSPS) is 14.2. The number of para-hydroxylation sites is 1. The fraction of sp³-hybridized carbons (Fsp3) is 0.370. The summed E-state index contributed by atoms with van der Waals surface area (Å²) < 4.78 is 24.8. The number of aromatic nitrogens is 2. The van der Waals surface area contributed by atoms with Gasteiger partial charge in [0.2, 0.25) is 5.95 Å². The number of carbonyl (C=O) groups is 1. The monoisotopic (exact) mass is 494 g/mol. The van der Waals surface area contributed by atoms with Gasteiger partial charge in [0.05, 0.1) is 5.69 Å². The summed E-state index contributed by atoms with van der Waals surface area (Å²) in [6.07, 6.45) is 1.32. The van der Waals surface area contributed by atoms with E-state index in [1.807, 2.05) is 23.1 Å². The smallest absolute Gasteiger partial charge is 0.339 e. The zero-order chi connectivity index (χ0) is 25.5. The van der Waals surface area contributed by atoms with E-state index in [9.17, 15) is 14.3 Å². The highest BCUT2D eigenvalue weighted by molar-refractivity contribution is 5.88. The molecule has 0 aliphatic carbocycles. The maximum atomic E-state index is 13.1.